The van der Waals surface area contributed by atoms with Crippen LogP contribution in [-0.2, 0) is 15.0 Å². The minimum absolute atomic E-state index is 0.193. The first-order chi connectivity index (χ1) is 9.81. The van der Waals surface area contributed by atoms with E-state index in [-0.39, 0.29) is 17.5 Å². The summed E-state index contributed by atoms with van der Waals surface area (Å²) in [5.74, 6) is 0.154. The average molecular weight is 302 g/mol. The molecule has 0 saturated heterocycles. The second kappa shape index (κ2) is 5.90. The van der Waals surface area contributed by atoms with Crippen LogP contribution < -0.4 is 4.74 Å². The van der Waals surface area contributed by atoms with Gasteiger partial charge in [-0.3, -0.25) is 9.59 Å². The van der Waals surface area contributed by atoms with Gasteiger partial charge in [0, 0.05) is 29.7 Å². The smallest absolute Gasteiger partial charge is 0.308 e. The molecule has 4 heteroatoms. The third-order valence-electron chi connectivity index (χ3n) is 3.45. The van der Waals surface area contributed by atoms with E-state index in [1.807, 2.05) is 50.2 Å². The Morgan fingerprint density at radius 1 is 1.14 bits per heavy atom. The van der Waals surface area contributed by atoms with E-state index >= 15 is 0 Å². The summed E-state index contributed by atoms with van der Waals surface area (Å²) in [6.45, 7) is 5.26. The van der Waals surface area contributed by atoms with Crippen molar-refractivity contribution in [2.24, 2.45) is 0 Å². The highest BCUT2D eigenvalue weighted by atomic mass is 32.1. The molecule has 0 aliphatic carbocycles. The van der Waals surface area contributed by atoms with Gasteiger partial charge in [0.1, 0.15) is 5.75 Å². The Hall–Kier alpha value is -1.81. The molecule has 0 amide bonds. The summed E-state index contributed by atoms with van der Waals surface area (Å²) in [5, 5.41) is 1.66. The molecule has 0 aliphatic heterocycles. The van der Waals surface area contributed by atoms with Gasteiger partial charge in [0.2, 0.25) is 0 Å². The summed E-state index contributed by atoms with van der Waals surface area (Å²) in [4.78, 5) is 22.8. The molecule has 0 atom stereocenters. The van der Waals surface area contributed by atoms with Gasteiger partial charge in [0.25, 0.3) is 0 Å². The van der Waals surface area contributed by atoms with Crippen LogP contribution in [0.3, 0.4) is 0 Å². The van der Waals surface area contributed by atoms with E-state index in [4.69, 9.17) is 4.74 Å². The van der Waals surface area contributed by atoms with Crippen molar-refractivity contribution in [2.75, 3.05) is 0 Å². The number of ether oxygens (including phenoxy) is 1. The van der Waals surface area contributed by atoms with E-state index in [9.17, 15) is 9.59 Å². The van der Waals surface area contributed by atoms with E-state index in [0.29, 0.717) is 5.75 Å². The quantitative estimate of drug-likeness (QED) is 0.529. The first-order valence-electron chi connectivity index (χ1n) is 6.74. The summed E-state index contributed by atoms with van der Waals surface area (Å²) >= 11 is 3.87. The van der Waals surface area contributed by atoms with Gasteiger partial charge in [-0.1, -0.05) is 50.2 Å². The van der Waals surface area contributed by atoms with Crippen LogP contribution in [0.1, 0.15) is 32.8 Å². The number of benzene rings is 2. The minimum Gasteiger partial charge on any atom is -0.426 e. The molecule has 2 aromatic rings. The zero-order valence-corrected chi connectivity index (χ0v) is 13.2. The molecule has 0 radical (unpaired) electrons. The molecule has 0 heterocycles. The number of hydrogen-bond acceptors (Lipinski definition) is 3. The van der Waals surface area contributed by atoms with Gasteiger partial charge in [-0.2, -0.15) is 0 Å². The summed E-state index contributed by atoms with van der Waals surface area (Å²) in [7, 11) is 0. The normalized spacial score (nSPS) is 11.4. The molecule has 21 heavy (non-hydrogen) atoms. The lowest BCUT2D eigenvalue weighted by molar-refractivity contribution is -0.131. The first-order valence-corrected chi connectivity index (χ1v) is 7.18. The lowest BCUT2D eigenvalue weighted by Crippen LogP contribution is -2.22. The molecule has 0 unspecified atom stereocenters. The second-order valence-electron chi connectivity index (χ2n) is 5.71. The van der Waals surface area contributed by atoms with Crippen molar-refractivity contribution < 1.29 is 14.3 Å². The number of thiol groups is 1. The molecular formula is C17H18O3S. The molecular weight excluding hydrogens is 284 g/mol. The van der Waals surface area contributed by atoms with E-state index in [1.54, 1.807) is 0 Å². The summed E-state index contributed by atoms with van der Waals surface area (Å²) in [5.41, 5.74) is 0.368. The van der Waals surface area contributed by atoms with Crippen molar-refractivity contribution in [3.05, 3.63) is 42.0 Å². The summed E-state index contributed by atoms with van der Waals surface area (Å²) in [6, 6.07) is 11.6. The fourth-order valence-electron chi connectivity index (χ4n) is 2.50. The van der Waals surface area contributed by atoms with Crippen LogP contribution in [0.15, 0.2) is 36.4 Å². The SMILES string of the molecule is CC(=O)Oc1c(C(C)(C)CC(=O)S)ccc2ccccc12. The van der Waals surface area contributed by atoms with Gasteiger partial charge in [-0.25, -0.2) is 0 Å². The van der Waals surface area contributed by atoms with Gasteiger partial charge >= 0.3 is 5.97 Å². The highest BCUT2D eigenvalue weighted by Gasteiger charge is 2.28. The Labute approximate surface area is 129 Å². The Bertz CT molecular complexity index is 704. The number of esters is 1. The van der Waals surface area contributed by atoms with Crippen LogP contribution in [-0.4, -0.2) is 11.1 Å². The summed E-state index contributed by atoms with van der Waals surface area (Å²) < 4.78 is 5.45. The number of fused-ring (bicyclic) bond motifs is 1. The maximum Gasteiger partial charge on any atom is 0.308 e. The van der Waals surface area contributed by atoms with Crippen molar-refractivity contribution >= 4 is 34.5 Å². The molecule has 2 rings (SSSR count). The monoisotopic (exact) mass is 302 g/mol. The molecule has 0 aliphatic rings. The zero-order valence-electron chi connectivity index (χ0n) is 12.3. The van der Waals surface area contributed by atoms with Crippen molar-refractivity contribution in [1.82, 2.24) is 0 Å². The molecule has 0 spiro atoms. The zero-order chi connectivity index (χ0) is 15.6. The number of carbonyl (C=O) groups excluding carboxylic acids is 2. The Morgan fingerprint density at radius 3 is 2.43 bits per heavy atom. The maximum atomic E-state index is 11.5. The lowest BCUT2D eigenvalue weighted by Gasteiger charge is -2.26. The topological polar surface area (TPSA) is 43.4 Å². The molecule has 0 aromatic heterocycles. The maximum absolute atomic E-state index is 11.5. The van der Waals surface area contributed by atoms with Crippen LogP contribution >= 0.6 is 12.6 Å². The van der Waals surface area contributed by atoms with Crippen LogP contribution in [0.25, 0.3) is 10.8 Å². The van der Waals surface area contributed by atoms with Gasteiger partial charge in [-0.15, -0.1) is 12.6 Å². The van der Waals surface area contributed by atoms with Gasteiger partial charge in [0.05, 0.1) is 0 Å². The predicted octanol–water partition coefficient (Wildman–Crippen LogP) is 3.89. The molecule has 0 saturated carbocycles. The second-order valence-corrected chi connectivity index (χ2v) is 6.21. The van der Waals surface area contributed by atoms with Crippen molar-refractivity contribution in [3.8, 4) is 5.75 Å². The predicted molar refractivity (Wildman–Crippen MR) is 86.9 cm³/mol. The lowest BCUT2D eigenvalue weighted by atomic mass is 9.80. The highest BCUT2D eigenvalue weighted by molar-refractivity contribution is 7.96. The van der Waals surface area contributed by atoms with Crippen LogP contribution in [0.5, 0.6) is 5.75 Å². The van der Waals surface area contributed by atoms with Crippen molar-refractivity contribution in [1.29, 1.82) is 0 Å². The molecule has 3 nitrogen and oxygen atoms in total. The molecule has 0 bridgehead atoms. The third kappa shape index (κ3) is 3.45. The standard InChI is InChI=1S/C17H18O3S/c1-11(18)20-16-13-7-5-4-6-12(13)8-9-14(16)17(2,3)10-15(19)21/h4-9H,10H2,1-3H3,(H,19,21). The Balaban J connectivity index is 2.67. The Morgan fingerprint density at radius 2 is 1.81 bits per heavy atom. The molecule has 0 N–H and O–H groups in total. The fourth-order valence-corrected chi connectivity index (χ4v) is 2.90. The number of carbonyl (C=O) groups is 2. The number of rotatable bonds is 4. The number of hydrogen-bond donors (Lipinski definition) is 1. The van der Waals surface area contributed by atoms with E-state index in [1.165, 1.54) is 6.92 Å². The van der Waals surface area contributed by atoms with E-state index in [2.05, 4.69) is 12.6 Å². The van der Waals surface area contributed by atoms with Gasteiger partial charge in [0.15, 0.2) is 5.12 Å². The molecule has 110 valence electrons. The third-order valence-corrected chi connectivity index (χ3v) is 3.61. The minimum atomic E-state index is -0.465. The molecule has 2 aromatic carbocycles. The first kappa shape index (κ1) is 15.6. The largest absolute Gasteiger partial charge is 0.426 e. The van der Waals surface area contributed by atoms with Crippen LogP contribution in [0.4, 0.5) is 0 Å². The van der Waals surface area contributed by atoms with Gasteiger partial charge in [-0.05, 0) is 5.39 Å². The molecule has 0 fully saturated rings. The van der Waals surface area contributed by atoms with Crippen LogP contribution in [0.2, 0.25) is 0 Å². The van der Waals surface area contributed by atoms with Gasteiger partial charge < -0.3 is 4.74 Å². The van der Waals surface area contributed by atoms with E-state index in [0.717, 1.165) is 16.3 Å². The average Bonchev–Trinajstić information content (AvgIpc) is 2.36. The summed E-state index contributed by atoms with van der Waals surface area (Å²) in [6.07, 6.45) is 0.267. The highest BCUT2D eigenvalue weighted by Crippen LogP contribution is 2.39. The van der Waals surface area contributed by atoms with Crippen LogP contribution in [0, 0.1) is 0 Å². The Kier molecular flexibility index (Phi) is 4.37. The van der Waals surface area contributed by atoms with E-state index < -0.39 is 5.41 Å². The van der Waals surface area contributed by atoms with Crippen molar-refractivity contribution in [3.63, 3.8) is 0 Å². The fraction of sp³-hybridized carbons (Fsp3) is 0.294. The van der Waals surface area contributed by atoms with Crippen molar-refractivity contribution in [2.45, 2.75) is 32.6 Å².